The largest absolute Gasteiger partial charge is 0.311 e. The summed E-state index contributed by atoms with van der Waals surface area (Å²) in [6.07, 6.45) is 0. The smallest absolute Gasteiger partial charge is 0.252 e. The predicted octanol–water partition coefficient (Wildman–Crippen LogP) is 27.6. The van der Waals surface area contributed by atoms with Crippen molar-refractivity contribution in [2.45, 2.75) is 216 Å². The summed E-state index contributed by atoms with van der Waals surface area (Å²) < 4.78 is 0. The number of hydrogen-bond acceptors (Lipinski definition) is 9. The molecule has 0 aliphatic carbocycles. The van der Waals surface area contributed by atoms with Gasteiger partial charge in [-0.2, -0.15) is 0 Å². The Morgan fingerprint density at radius 1 is 0.184 bits per heavy atom. The van der Waals surface area contributed by atoms with Gasteiger partial charge in [0.05, 0.1) is 24.2 Å². The van der Waals surface area contributed by atoms with Crippen LogP contribution in [0.3, 0.4) is 0 Å². The van der Waals surface area contributed by atoms with E-state index >= 15 is 0 Å². The van der Waals surface area contributed by atoms with E-state index in [2.05, 4.69) is 505 Å². The van der Waals surface area contributed by atoms with Crippen LogP contribution in [-0.2, 0) is 0 Å². The first kappa shape index (κ1) is 92.9. The van der Waals surface area contributed by atoms with E-state index in [-0.39, 0.29) is 20.1 Å². The van der Waals surface area contributed by atoms with Crippen LogP contribution in [0.15, 0.2) is 309 Å². The molecule has 16 aromatic rings. The average molecular weight is 1890 g/mol. The zero-order valence-corrected chi connectivity index (χ0v) is 89.9. The SMILES string of the molecule is Cc1ccc(N2c3ccc(C)cc3B3c4cc(-c5nc(-c6ccc7c(c6)B6c8cc(C)ccc8N(c8ccc(C)cc8)c8cccc(c86)N7c6ccc([Si](C(C)C)(C(C)C)C(C)C)cc6)nc(-c6ccc7c(c6)B6c8cc(C)ccc8N(c8ccc(C)cc8)c8cccc(c86)N7c6ccc([Si](C(C)C)(C(C)C)C(C)C)cc6)n5)ccc4N(c4ccc([Si](C(C)C)(C(C)C)C(C)C)cc4)c4cccc2c43)cc1. The number of nitrogens with zero attached hydrogens (tertiary/aromatic N) is 9. The first-order valence-electron chi connectivity index (χ1n) is 52.0. The van der Waals surface area contributed by atoms with Gasteiger partial charge in [0, 0.05) is 119 Å². The first-order chi connectivity index (χ1) is 67.8. The van der Waals surface area contributed by atoms with Crippen LogP contribution in [0.1, 0.15) is 158 Å². The second kappa shape index (κ2) is 35.3. The molecule has 15 heteroatoms. The molecule has 0 bridgehead atoms. The lowest BCUT2D eigenvalue weighted by atomic mass is 9.33. The Labute approximate surface area is 842 Å². The molecule has 0 fully saturated rings. The minimum Gasteiger partial charge on any atom is -0.311 e. The van der Waals surface area contributed by atoms with Gasteiger partial charge in [0.2, 0.25) is 0 Å². The summed E-state index contributed by atoms with van der Waals surface area (Å²) in [7, 11) is -6.21. The van der Waals surface area contributed by atoms with Crippen LogP contribution in [0.25, 0.3) is 34.2 Å². The highest BCUT2D eigenvalue weighted by Crippen LogP contribution is 2.53. The standard InChI is InChI=1S/C126H132B3N9Si3/c1-76(2)139(77(3)4,78(5)6)100-58-52-97(53-59-100)136-112-67-43-91(73-106(112)127-103-70-88(22)40-64-109(103)133(94-46-34-85(19)35-47-94)115-28-25-31-118(136)121(115)127)124-130-125(92-44-68-113-107(74-92)128-104-71-89(23)41-65-110(104)134(95-48-36-86(20)37-49-95)116-29-26-32-119(122(116)128)137(113)98-54-60-101(61-55-98)140(79(7)8,80(9)10)81(11)12)132-126(131-124)93-45-69-114-108(75-93)129-105-72-90(24)42-66-111(105)135(96-50-38-87(21)39-51-96)117-30-27-33-120(123(117)129)138(114)99-56-62-102(63-57-99)141(82(13)14,83(15)16)84(17)18/h25-84H,1-24H3. The fraction of sp³-hybridized carbons (Fsp3) is 0.262. The van der Waals surface area contributed by atoms with E-state index in [9.17, 15) is 0 Å². The molecule has 9 nitrogen and oxygen atoms in total. The zero-order chi connectivity index (χ0) is 98.3. The Morgan fingerprint density at radius 2 is 0.355 bits per heavy atom. The van der Waals surface area contributed by atoms with Crippen molar-refractivity contribution in [3.8, 4) is 34.2 Å². The molecule has 141 heavy (non-hydrogen) atoms. The van der Waals surface area contributed by atoms with E-state index in [4.69, 9.17) is 15.0 Å². The molecule has 0 N–H and O–H groups in total. The van der Waals surface area contributed by atoms with Crippen LogP contribution in [0, 0.1) is 41.5 Å². The molecule has 7 heterocycles. The van der Waals surface area contributed by atoms with Crippen molar-refractivity contribution in [3.63, 3.8) is 0 Å². The number of aromatic nitrogens is 3. The van der Waals surface area contributed by atoms with Crippen LogP contribution in [0.5, 0.6) is 0 Å². The van der Waals surface area contributed by atoms with E-state index in [1.807, 2.05) is 0 Å². The van der Waals surface area contributed by atoms with Crippen molar-refractivity contribution in [1.82, 2.24) is 15.0 Å². The maximum absolute atomic E-state index is 6.08. The van der Waals surface area contributed by atoms with Gasteiger partial charge >= 0.3 is 0 Å². The summed E-state index contributed by atoms with van der Waals surface area (Å²) >= 11 is 0. The lowest BCUT2D eigenvalue weighted by Crippen LogP contribution is -2.61. The zero-order valence-electron chi connectivity index (χ0n) is 86.9. The first-order valence-corrected chi connectivity index (χ1v) is 58.7. The lowest BCUT2D eigenvalue weighted by molar-refractivity contribution is 0.835. The third-order valence-corrected chi connectivity index (χ3v) is 55.4. The van der Waals surface area contributed by atoms with Crippen LogP contribution < -0.4 is 94.1 Å². The van der Waals surface area contributed by atoms with Crippen LogP contribution >= 0.6 is 0 Å². The molecular formula is C126H132B3N9Si3. The molecular weight excluding hydrogens is 1760 g/mol. The van der Waals surface area contributed by atoms with Gasteiger partial charge in [-0.05, 0) is 304 Å². The Balaban J connectivity index is 0.802. The summed E-state index contributed by atoms with van der Waals surface area (Å²) in [6.45, 7) is 57.5. The monoisotopic (exact) mass is 1890 g/mol. The highest BCUT2D eigenvalue weighted by molar-refractivity contribution is 7.02. The summed E-state index contributed by atoms with van der Waals surface area (Å²) in [5.41, 5.74) is 46.8. The van der Waals surface area contributed by atoms with Crippen molar-refractivity contribution in [2.24, 2.45) is 0 Å². The maximum Gasteiger partial charge on any atom is 0.252 e. The summed E-state index contributed by atoms with van der Waals surface area (Å²) in [5, 5.41) is 4.56. The Hall–Kier alpha value is -13.0. The van der Waals surface area contributed by atoms with Gasteiger partial charge in [-0.25, -0.2) is 15.0 Å². The van der Waals surface area contributed by atoms with Crippen molar-refractivity contribution < 1.29 is 0 Å². The Kier molecular flexibility index (Phi) is 23.3. The topological polar surface area (TPSA) is 58.1 Å². The van der Waals surface area contributed by atoms with Crippen molar-refractivity contribution >= 4 is 211 Å². The van der Waals surface area contributed by atoms with Gasteiger partial charge in [-0.15, -0.1) is 0 Å². The highest BCUT2D eigenvalue weighted by atomic mass is 28.3. The molecule has 0 saturated heterocycles. The third kappa shape index (κ3) is 14.4. The maximum atomic E-state index is 6.08. The quantitative estimate of drug-likeness (QED) is 0.0655. The molecule has 0 radical (unpaired) electrons. The van der Waals surface area contributed by atoms with E-state index in [1.165, 1.54) is 132 Å². The summed E-state index contributed by atoms with van der Waals surface area (Å²) in [4.78, 5) is 33.5. The molecule has 0 unspecified atom stereocenters. The van der Waals surface area contributed by atoms with Gasteiger partial charge < -0.3 is 29.4 Å². The van der Waals surface area contributed by atoms with E-state index in [0.29, 0.717) is 67.3 Å². The minimum absolute atomic E-state index is 0.189. The summed E-state index contributed by atoms with van der Waals surface area (Å²) in [5.74, 6) is 1.79. The minimum atomic E-state index is -2.07. The van der Waals surface area contributed by atoms with Crippen LogP contribution in [-0.4, -0.2) is 59.3 Å². The number of rotatable bonds is 21. The van der Waals surface area contributed by atoms with Crippen molar-refractivity contribution in [2.75, 3.05) is 29.4 Å². The summed E-state index contributed by atoms with van der Waals surface area (Å²) in [6, 6.07) is 121. The van der Waals surface area contributed by atoms with Gasteiger partial charge in [-0.1, -0.05) is 319 Å². The highest BCUT2D eigenvalue weighted by Gasteiger charge is 2.52. The van der Waals surface area contributed by atoms with Gasteiger partial charge in [0.15, 0.2) is 17.5 Å². The molecule has 702 valence electrons. The molecule has 6 aliphatic rings. The van der Waals surface area contributed by atoms with E-state index < -0.39 is 24.2 Å². The number of anilines is 18. The van der Waals surface area contributed by atoms with Crippen molar-refractivity contribution in [3.05, 3.63) is 343 Å². The predicted molar refractivity (Wildman–Crippen MR) is 619 cm³/mol. The molecule has 6 aliphatic heterocycles. The van der Waals surface area contributed by atoms with Crippen LogP contribution in [0.2, 0.25) is 49.9 Å². The number of aryl methyl sites for hydroxylation is 6. The van der Waals surface area contributed by atoms with Gasteiger partial charge in [-0.3, -0.25) is 0 Å². The fourth-order valence-electron chi connectivity index (χ4n) is 28.8. The normalized spacial score (nSPS) is 14.0. The molecule has 22 rings (SSSR count). The van der Waals surface area contributed by atoms with Crippen molar-refractivity contribution in [1.29, 1.82) is 0 Å². The third-order valence-electron chi connectivity index (χ3n) is 34.2. The molecule has 0 amide bonds. The lowest BCUT2D eigenvalue weighted by Gasteiger charge is -2.45. The number of hydrogen-bond donors (Lipinski definition) is 0. The molecule has 15 aromatic carbocycles. The van der Waals surface area contributed by atoms with E-state index in [1.54, 1.807) is 0 Å². The number of fused-ring (bicyclic) bond motifs is 12. The average Bonchev–Trinajstić information content (AvgIpc) is 0.702. The van der Waals surface area contributed by atoms with Crippen LogP contribution in [0.4, 0.5) is 102 Å². The van der Waals surface area contributed by atoms with Gasteiger partial charge in [0.25, 0.3) is 20.1 Å². The molecule has 1 aromatic heterocycles. The van der Waals surface area contributed by atoms with Gasteiger partial charge in [0.1, 0.15) is 0 Å². The molecule has 0 saturated carbocycles. The fourth-order valence-corrected chi connectivity index (χ4v) is 49.1. The second-order valence-electron chi connectivity index (χ2n) is 44.6. The number of benzene rings is 15. The second-order valence-corrected chi connectivity index (χ2v) is 62.3. The van der Waals surface area contributed by atoms with E-state index in [0.717, 1.165) is 84.9 Å². The Bertz CT molecular complexity index is 6830. The molecule has 0 atom stereocenters. The Morgan fingerprint density at radius 3 is 0.546 bits per heavy atom. The molecule has 0 spiro atoms.